The molecule has 1 aliphatic rings. The number of ether oxygens (including phenoxy) is 1. The van der Waals surface area contributed by atoms with E-state index in [4.69, 9.17) is 10.5 Å². The summed E-state index contributed by atoms with van der Waals surface area (Å²) >= 11 is 0. The lowest BCUT2D eigenvalue weighted by molar-refractivity contribution is -0.00300. The fourth-order valence-corrected chi connectivity index (χ4v) is 2.45. The minimum Gasteiger partial charge on any atom is -0.379 e. The van der Waals surface area contributed by atoms with Crippen molar-refractivity contribution in [3.8, 4) is 11.8 Å². The van der Waals surface area contributed by atoms with E-state index in [2.05, 4.69) is 17.2 Å². The molecule has 7 heteroatoms. The predicted molar refractivity (Wildman–Crippen MR) is 90.5 cm³/mol. The highest BCUT2D eigenvalue weighted by Crippen LogP contribution is 2.30. The van der Waals surface area contributed by atoms with Gasteiger partial charge in [-0.2, -0.15) is 0 Å². The molecule has 1 saturated heterocycles. The van der Waals surface area contributed by atoms with Crippen molar-refractivity contribution < 1.29 is 22.7 Å². The number of amides is 1. The zero-order valence-electron chi connectivity index (χ0n) is 13.8. The van der Waals surface area contributed by atoms with Crippen molar-refractivity contribution in [1.82, 2.24) is 0 Å². The number of primary amides is 1. The number of carbonyl (C=O) groups is 1. The largest absolute Gasteiger partial charge is 0.379 e. The van der Waals surface area contributed by atoms with Crippen LogP contribution in [0, 0.1) is 42.1 Å². The Morgan fingerprint density at radius 2 is 1.96 bits per heavy atom. The van der Waals surface area contributed by atoms with E-state index in [1.165, 1.54) is 12.1 Å². The van der Waals surface area contributed by atoms with E-state index in [0.29, 0.717) is 18.8 Å². The predicted octanol–water partition coefficient (Wildman–Crippen LogP) is 3.25. The molecular weight excluding hydrogens is 345 g/mol. The third-order valence-electron chi connectivity index (χ3n) is 3.90. The highest BCUT2D eigenvalue weighted by atomic mass is 19.2. The van der Waals surface area contributed by atoms with Crippen LogP contribution in [-0.2, 0) is 4.74 Å². The van der Waals surface area contributed by atoms with Gasteiger partial charge >= 0.3 is 0 Å². The van der Waals surface area contributed by atoms with Crippen LogP contribution in [0.4, 0.5) is 24.5 Å². The maximum absolute atomic E-state index is 14.3. The molecule has 0 aliphatic carbocycles. The van der Waals surface area contributed by atoms with Gasteiger partial charge in [0.1, 0.15) is 5.82 Å². The molecule has 26 heavy (non-hydrogen) atoms. The van der Waals surface area contributed by atoms with Gasteiger partial charge < -0.3 is 15.8 Å². The van der Waals surface area contributed by atoms with Gasteiger partial charge in [-0.3, -0.25) is 4.79 Å². The quantitative estimate of drug-likeness (QED) is 0.826. The number of halogens is 3. The van der Waals surface area contributed by atoms with Crippen LogP contribution < -0.4 is 11.1 Å². The Morgan fingerprint density at radius 3 is 2.54 bits per heavy atom. The third kappa shape index (κ3) is 3.51. The minimum absolute atomic E-state index is 0.0465. The van der Waals surface area contributed by atoms with E-state index < -0.39 is 29.0 Å². The first-order valence-corrected chi connectivity index (χ1v) is 7.81. The number of aryl methyl sites for hydroxylation is 1. The molecule has 3 N–H and O–H groups in total. The zero-order chi connectivity index (χ0) is 18.8. The number of anilines is 2. The summed E-state index contributed by atoms with van der Waals surface area (Å²) in [4.78, 5) is 11.9. The van der Waals surface area contributed by atoms with E-state index >= 15 is 0 Å². The standard InChI is InChI=1S/C19H15F3N2O2/c1-10-2-5-15(13(20)6-10)24-18-16(19(23)25)12(7-14(21)17(18)22)4-3-11-8-26-9-11/h2,5-7,11,24H,8-9H2,1H3,(H2,23,25). The number of benzene rings is 2. The number of carbonyl (C=O) groups excluding carboxylic acids is 1. The Labute approximate surface area is 148 Å². The lowest BCUT2D eigenvalue weighted by Crippen LogP contribution is -2.25. The Balaban J connectivity index is 2.10. The van der Waals surface area contributed by atoms with Gasteiger partial charge in [0.25, 0.3) is 5.91 Å². The van der Waals surface area contributed by atoms with Crippen molar-refractivity contribution in [2.45, 2.75) is 6.92 Å². The lowest BCUT2D eigenvalue weighted by atomic mass is 10.0. The summed E-state index contributed by atoms with van der Waals surface area (Å²) < 4.78 is 47.4. The lowest BCUT2D eigenvalue weighted by Gasteiger charge is -2.20. The molecule has 1 heterocycles. The first kappa shape index (κ1) is 17.8. The Bertz CT molecular complexity index is 944. The Morgan fingerprint density at radius 1 is 1.23 bits per heavy atom. The van der Waals surface area contributed by atoms with Crippen molar-refractivity contribution in [2.24, 2.45) is 11.7 Å². The topological polar surface area (TPSA) is 64.3 Å². The SMILES string of the molecule is Cc1ccc(Nc2c(F)c(F)cc(C#CC3COC3)c2C(N)=O)c(F)c1. The van der Waals surface area contributed by atoms with Gasteiger partial charge in [-0.1, -0.05) is 17.9 Å². The van der Waals surface area contributed by atoms with Gasteiger partial charge in [0.05, 0.1) is 36.1 Å². The van der Waals surface area contributed by atoms with Crippen LogP contribution in [0.5, 0.6) is 0 Å². The molecule has 1 amide bonds. The van der Waals surface area contributed by atoms with Crippen LogP contribution in [-0.4, -0.2) is 19.1 Å². The fourth-order valence-electron chi connectivity index (χ4n) is 2.45. The number of nitrogens with two attached hydrogens (primary N) is 1. The van der Waals surface area contributed by atoms with Crippen LogP contribution >= 0.6 is 0 Å². The first-order chi connectivity index (χ1) is 12.4. The summed E-state index contributed by atoms with van der Waals surface area (Å²) in [6, 6.07) is 4.97. The second-order valence-electron chi connectivity index (χ2n) is 5.95. The summed E-state index contributed by atoms with van der Waals surface area (Å²) in [5.41, 5.74) is 4.93. The molecule has 0 unspecified atom stereocenters. The van der Waals surface area contributed by atoms with Gasteiger partial charge in [-0.25, -0.2) is 13.2 Å². The van der Waals surface area contributed by atoms with E-state index in [-0.39, 0.29) is 22.7 Å². The molecule has 2 aromatic rings. The van der Waals surface area contributed by atoms with Crippen LogP contribution in [0.15, 0.2) is 24.3 Å². The molecule has 1 fully saturated rings. The van der Waals surface area contributed by atoms with Gasteiger partial charge in [0, 0.05) is 5.56 Å². The van der Waals surface area contributed by atoms with E-state index in [1.54, 1.807) is 13.0 Å². The molecule has 0 radical (unpaired) electrons. The monoisotopic (exact) mass is 360 g/mol. The zero-order valence-corrected chi connectivity index (χ0v) is 13.8. The van der Waals surface area contributed by atoms with Gasteiger partial charge in [0.2, 0.25) is 0 Å². The summed E-state index contributed by atoms with van der Waals surface area (Å²) in [5.74, 6) is 1.17. The molecule has 0 aromatic heterocycles. The molecule has 0 atom stereocenters. The van der Waals surface area contributed by atoms with Gasteiger partial charge in [-0.05, 0) is 30.7 Å². The summed E-state index contributed by atoms with van der Waals surface area (Å²) in [6.45, 7) is 2.55. The summed E-state index contributed by atoms with van der Waals surface area (Å²) in [7, 11) is 0. The smallest absolute Gasteiger partial charge is 0.252 e. The molecular formula is C19H15F3N2O2. The highest BCUT2D eigenvalue weighted by Gasteiger charge is 2.23. The van der Waals surface area contributed by atoms with Crippen LogP contribution in [0.25, 0.3) is 0 Å². The molecule has 2 aromatic carbocycles. The summed E-state index contributed by atoms with van der Waals surface area (Å²) in [5, 5.41) is 2.43. The maximum Gasteiger partial charge on any atom is 0.252 e. The maximum atomic E-state index is 14.3. The summed E-state index contributed by atoms with van der Waals surface area (Å²) in [6.07, 6.45) is 0. The average Bonchev–Trinajstić information content (AvgIpc) is 2.52. The molecule has 4 nitrogen and oxygen atoms in total. The fraction of sp³-hybridized carbons (Fsp3) is 0.211. The van der Waals surface area contributed by atoms with Crippen molar-refractivity contribution in [3.63, 3.8) is 0 Å². The van der Waals surface area contributed by atoms with Crippen molar-refractivity contribution in [3.05, 3.63) is 58.4 Å². The minimum atomic E-state index is -1.34. The Kier molecular flexibility index (Phi) is 4.87. The number of rotatable bonds is 3. The van der Waals surface area contributed by atoms with Gasteiger partial charge in [-0.15, -0.1) is 0 Å². The molecule has 0 spiro atoms. The molecule has 0 saturated carbocycles. The van der Waals surface area contributed by atoms with Crippen LogP contribution in [0.3, 0.4) is 0 Å². The van der Waals surface area contributed by atoms with Crippen LogP contribution in [0.1, 0.15) is 21.5 Å². The van der Waals surface area contributed by atoms with E-state index in [1.807, 2.05) is 0 Å². The normalized spacial score (nSPS) is 13.5. The van der Waals surface area contributed by atoms with Crippen molar-refractivity contribution >= 4 is 17.3 Å². The van der Waals surface area contributed by atoms with Gasteiger partial charge in [0.15, 0.2) is 11.6 Å². The second kappa shape index (κ2) is 7.10. The number of hydrogen-bond acceptors (Lipinski definition) is 3. The Hall–Kier alpha value is -2.98. The first-order valence-electron chi connectivity index (χ1n) is 7.81. The van der Waals surface area contributed by atoms with Crippen molar-refractivity contribution in [2.75, 3.05) is 18.5 Å². The average molecular weight is 360 g/mol. The number of hydrogen-bond donors (Lipinski definition) is 2. The van der Waals surface area contributed by atoms with Crippen LogP contribution in [0.2, 0.25) is 0 Å². The molecule has 3 rings (SSSR count). The third-order valence-corrected chi connectivity index (χ3v) is 3.90. The molecule has 134 valence electrons. The van der Waals surface area contributed by atoms with Crippen molar-refractivity contribution in [1.29, 1.82) is 0 Å². The van der Waals surface area contributed by atoms with E-state index in [9.17, 15) is 18.0 Å². The number of nitrogens with one attached hydrogen (secondary N) is 1. The second-order valence-corrected chi connectivity index (χ2v) is 5.95. The molecule has 0 bridgehead atoms. The van der Waals surface area contributed by atoms with E-state index in [0.717, 1.165) is 6.07 Å². The highest BCUT2D eigenvalue weighted by molar-refractivity contribution is 6.02. The molecule has 1 aliphatic heterocycles.